The number of aromatic nitrogens is 1. The molecule has 5 nitrogen and oxygen atoms in total. The summed E-state index contributed by atoms with van der Waals surface area (Å²) in [7, 11) is 0. The topological polar surface area (TPSA) is 65.5 Å². The number of rotatable bonds is 7. The van der Waals surface area contributed by atoms with Crippen LogP contribution >= 0.6 is 0 Å². The number of amides is 1. The molecule has 0 aliphatic heterocycles. The second kappa shape index (κ2) is 7.24. The number of nitrogens with one attached hydrogen (secondary N) is 1. The third-order valence-electron chi connectivity index (χ3n) is 3.68. The van der Waals surface area contributed by atoms with Gasteiger partial charge in [0, 0.05) is 19.1 Å². The van der Waals surface area contributed by atoms with Crippen LogP contribution in [-0.2, 0) is 0 Å². The number of carbonyl (C=O) groups is 1. The van der Waals surface area contributed by atoms with Crippen LogP contribution in [0.1, 0.15) is 43.1 Å². The molecule has 0 atom stereocenters. The van der Waals surface area contributed by atoms with Gasteiger partial charge >= 0.3 is 0 Å². The highest BCUT2D eigenvalue weighted by Gasteiger charge is 2.29. The van der Waals surface area contributed by atoms with Crippen molar-refractivity contribution in [3.8, 4) is 0 Å². The average molecular weight is 277 g/mol. The number of pyridine rings is 1. The van der Waals surface area contributed by atoms with E-state index in [2.05, 4.69) is 17.2 Å². The van der Waals surface area contributed by atoms with E-state index in [1.165, 1.54) is 0 Å². The molecule has 1 heterocycles. The van der Waals surface area contributed by atoms with E-state index in [1.54, 1.807) is 17.2 Å². The van der Waals surface area contributed by atoms with Gasteiger partial charge in [0.05, 0.1) is 18.5 Å². The predicted octanol–water partition coefficient (Wildman–Crippen LogP) is 1.89. The van der Waals surface area contributed by atoms with E-state index in [0.29, 0.717) is 12.2 Å². The summed E-state index contributed by atoms with van der Waals surface area (Å²) < 4.78 is 0. The molecule has 0 aromatic carbocycles. The minimum atomic E-state index is -0.0780. The Morgan fingerprint density at radius 2 is 2.30 bits per heavy atom. The molecule has 1 aromatic heterocycles. The highest BCUT2D eigenvalue weighted by atomic mass is 16.3. The Bertz CT molecular complexity index is 429. The smallest absolute Gasteiger partial charge is 0.272 e. The Labute approximate surface area is 120 Å². The summed E-state index contributed by atoms with van der Waals surface area (Å²) in [5.41, 5.74) is 1.38. The first-order valence-electron chi connectivity index (χ1n) is 7.38. The van der Waals surface area contributed by atoms with Gasteiger partial charge < -0.3 is 15.3 Å². The molecular formula is C15H23N3O2. The number of aliphatic hydroxyl groups is 1. The van der Waals surface area contributed by atoms with Crippen molar-refractivity contribution in [1.82, 2.24) is 9.88 Å². The molecule has 0 bridgehead atoms. The van der Waals surface area contributed by atoms with Crippen molar-refractivity contribution in [3.63, 3.8) is 0 Å². The first-order valence-corrected chi connectivity index (χ1v) is 7.38. The van der Waals surface area contributed by atoms with Crippen LogP contribution in [0.15, 0.2) is 18.3 Å². The molecule has 0 spiro atoms. The van der Waals surface area contributed by atoms with Crippen molar-refractivity contribution in [2.24, 2.45) is 0 Å². The maximum atomic E-state index is 12.4. The van der Waals surface area contributed by atoms with Gasteiger partial charge in [-0.3, -0.25) is 4.79 Å². The second-order valence-electron chi connectivity index (χ2n) is 5.17. The van der Waals surface area contributed by atoms with Crippen LogP contribution in [0.2, 0.25) is 0 Å². The van der Waals surface area contributed by atoms with Crippen molar-refractivity contribution in [1.29, 1.82) is 0 Å². The zero-order valence-electron chi connectivity index (χ0n) is 12.0. The fourth-order valence-electron chi connectivity index (χ4n) is 2.30. The monoisotopic (exact) mass is 277 g/mol. The zero-order valence-corrected chi connectivity index (χ0v) is 12.0. The molecule has 1 aliphatic rings. The zero-order chi connectivity index (χ0) is 14.4. The predicted molar refractivity (Wildman–Crippen MR) is 78.8 cm³/mol. The lowest BCUT2D eigenvalue weighted by Gasteiger charge is -2.37. The highest BCUT2D eigenvalue weighted by molar-refractivity contribution is 5.92. The lowest BCUT2D eigenvalue weighted by Crippen LogP contribution is -2.45. The fraction of sp³-hybridized carbons (Fsp3) is 0.600. The van der Waals surface area contributed by atoms with E-state index in [1.807, 2.05) is 6.07 Å². The Morgan fingerprint density at radius 3 is 2.80 bits per heavy atom. The third-order valence-corrected chi connectivity index (χ3v) is 3.68. The van der Waals surface area contributed by atoms with Crippen LogP contribution in [0.3, 0.4) is 0 Å². The summed E-state index contributed by atoms with van der Waals surface area (Å²) in [6.45, 7) is 3.39. The first-order chi connectivity index (χ1) is 9.76. The number of hydrogen-bond donors (Lipinski definition) is 2. The molecule has 20 heavy (non-hydrogen) atoms. The number of carbonyl (C=O) groups excluding carboxylic acids is 1. The Hall–Kier alpha value is -1.62. The summed E-state index contributed by atoms with van der Waals surface area (Å²) in [4.78, 5) is 18.4. The van der Waals surface area contributed by atoms with Gasteiger partial charge in [0.1, 0.15) is 5.69 Å². The molecule has 1 saturated carbocycles. The number of anilines is 1. The summed E-state index contributed by atoms with van der Waals surface area (Å²) in [6, 6.07) is 3.91. The van der Waals surface area contributed by atoms with Crippen LogP contribution in [0.25, 0.3) is 0 Å². The lowest BCUT2D eigenvalue weighted by atomic mass is 9.91. The quantitative estimate of drug-likeness (QED) is 0.799. The Morgan fingerprint density at radius 1 is 1.50 bits per heavy atom. The van der Waals surface area contributed by atoms with Crippen molar-refractivity contribution in [2.75, 3.05) is 25.0 Å². The van der Waals surface area contributed by atoms with Crippen molar-refractivity contribution in [2.45, 2.75) is 38.6 Å². The average Bonchev–Trinajstić information content (AvgIpc) is 2.42. The minimum absolute atomic E-state index is 0.00161. The van der Waals surface area contributed by atoms with E-state index >= 15 is 0 Å². The molecule has 1 fully saturated rings. The maximum Gasteiger partial charge on any atom is 0.272 e. The number of hydrogen-bond acceptors (Lipinski definition) is 4. The molecule has 1 amide bonds. The van der Waals surface area contributed by atoms with Crippen LogP contribution in [0.5, 0.6) is 0 Å². The van der Waals surface area contributed by atoms with Gasteiger partial charge in [0.25, 0.3) is 5.91 Å². The van der Waals surface area contributed by atoms with Gasteiger partial charge in [-0.05, 0) is 37.8 Å². The van der Waals surface area contributed by atoms with E-state index in [0.717, 1.165) is 37.9 Å². The van der Waals surface area contributed by atoms with Crippen LogP contribution in [0.4, 0.5) is 5.69 Å². The summed E-state index contributed by atoms with van der Waals surface area (Å²) >= 11 is 0. The second-order valence-corrected chi connectivity index (χ2v) is 5.17. The largest absolute Gasteiger partial charge is 0.395 e. The summed E-state index contributed by atoms with van der Waals surface area (Å²) in [6.07, 6.45) is 5.96. The summed E-state index contributed by atoms with van der Waals surface area (Å²) in [5, 5.41) is 12.4. The van der Waals surface area contributed by atoms with Gasteiger partial charge in [-0.25, -0.2) is 4.98 Å². The summed E-state index contributed by atoms with van der Waals surface area (Å²) in [5.74, 6) is -0.0780. The van der Waals surface area contributed by atoms with Gasteiger partial charge in [-0.15, -0.1) is 0 Å². The van der Waals surface area contributed by atoms with Crippen LogP contribution in [0, 0.1) is 0 Å². The maximum absolute atomic E-state index is 12.4. The number of nitrogens with zero attached hydrogens (tertiary/aromatic N) is 2. The molecule has 0 saturated heterocycles. The minimum Gasteiger partial charge on any atom is -0.395 e. The van der Waals surface area contributed by atoms with Gasteiger partial charge in [0.2, 0.25) is 0 Å². The molecule has 2 N–H and O–H groups in total. The molecule has 2 rings (SSSR count). The molecular weight excluding hydrogens is 254 g/mol. The number of aliphatic hydroxyl groups excluding tert-OH is 1. The van der Waals surface area contributed by atoms with Crippen LogP contribution in [-0.4, -0.2) is 46.6 Å². The van der Waals surface area contributed by atoms with E-state index in [-0.39, 0.29) is 18.6 Å². The Balaban J connectivity index is 2.02. The van der Waals surface area contributed by atoms with Gasteiger partial charge in [-0.2, -0.15) is 0 Å². The van der Waals surface area contributed by atoms with Crippen molar-refractivity contribution < 1.29 is 9.90 Å². The van der Waals surface area contributed by atoms with Crippen molar-refractivity contribution in [3.05, 3.63) is 24.0 Å². The molecule has 1 aromatic rings. The molecule has 0 radical (unpaired) electrons. The van der Waals surface area contributed by atoms with Crippen molar-refractivity contribution >= 4 is 11.6 Å². The first kappa shape index (κ1) is 14.8. The standard InChI is InChI=1S/C15H23N3O2/c1-2-8-16-12-6-7-14(17-11-12)15(20)18(9-10-19)13-4-3-5-13/h6-7,11,13,16,19H,2-5,8-10H2,1H3. The van der Waals surface area contributed by atoms with Crippen LogP contribution < -0.4 is 5.32 Å². The molecule has 1 aliphatic carbocycles. The van der Waals surface area contributed by atoms with E-state index in [4.69, 9.17) is 5.11 Å². The lowest BCUT2D eigenvalue weighted by molar-refractivity contribution is 0.0520. The van der Waals surface area contributed by atoms with Gasteiger partial charge in [-0.1, -0.05) is 6.92 Å². The highest BCUT2D eigenvalue weighted by Crippen LogP contribution is 2.25. The van der Waals surface area contributed by atoms with E-state index < -0.39 is 0 Å². The molecule has 0 unspecified atom stereocenters. The molecule has 110 valence electrons. The molecule has 5 heteroatoms. The normalized spacial score (nSPS) is 14.7. The Kier molecular flexibility index (Phi) is 5.35. The van der Waals surface area contributed by atoms with E-state index in [9.17, 15) is 4.79 Å². The SMILES string of the molecule is CCCNc1ccc(C(=O)N(CCO)C2CCC2)nc1. The van der Waals surface area contributed by atoms with Gasteiger partial charge in [0.15, 0.2) is 0 Å². The fourth-order valence-corrected chi connectivity index (χ4v) is 2.30. The third kappa shape index (κ3) is 3.48.